The van der Waals surface area contributed by atoms with Gasteiger partial charge in [0.25, 0.3) is 5.91 Å². The highest BCUT2D eigenvalue weighted by Gasteiger charge is 2.37. The molecule has 6 heteroatoms. The van der Waals surface area contributed by atoms with E-state index in [1.54, 1.807) is 25.0 Å². The van der Waals surface area contributed by atoms with E-state index in [2.05, 4.69) is 36.6 Å². The summed E-state index contributed by atoms with van der Waals surface area (Å²) in [5, 5.41) is 0. The standard InChI is InChI=1S/C25H30N2O4/c1-15-8-9-22(16(2)12-15)27-17(3)13-20(18(27)4)14-21-23(25(29)31-7)19(5)26(24(21)28)10-11-30-6/h8-9,12-14H,10-11H2,1-7H3/b21-14-. The van der Waals surface area contributed by atoms with Crippen LogP contribution in [0.2, 0.25) is 0 Å². The smallest absolute Gasteiger partial charge is 0.340 e. The van der Waals surface area contributed by atoms with Crippen molar-refractivity contribution in [3.05, 3.63) is 69.2 Å². The minimum Gasteiger partial charge on any atom is -0.465 e. The summed E-state index contributed by atoms with van der Waals surface area (Å²) >= 11 is 0. The number of aryl methyl sites for hydroxylation is 3. The molecule has 0 saturated heterocycles. The Labute approximate surface area is 183 Å². The normalized spacial score (nSPS) is 15.4. The van der Waals surface area contributed by atoms with Crippen molar-refractivity contribution in [3.8, 4) is 5.69 Å². The number of rotatable bonds is 6. The van der Waals surface area contributed by atoms with Gasteiger partial charge in [0.1, 0.15) is 0 Å². The molecule has 2 heterocycles. The largest absolute Gasteiger partial charge is 0.465 e. The molecule has 1 amide bonds. The number of carbonyl (C=O) groups excluding carboxylic acids is 2. The van der Waals surface area contributed by atoms with Gasteiger partial charge in [-0.25, -0.2) is 4.79 Å². The van der Waals surface area contributed by atoms with Crippen molar-refractivity contribution in [2.45, 2.75) is 34.6 Å². The van der Waals surface area contributed by atoms with Gasteiger partial charge in [0, 0.05) is 36.4 Å². The predicted octanol–water partition coefficient (Wildman–Crippen LogP) is 4.03. The van der Waals surface area contributed by atoms with Gasteiger partial charge in [0.2, 0.25) is 0 Å². The molecule has 0 unspecified atom stereocenters. The lowest BCUT2D eigenvalue weighted by Crippen LogP contribution is -2.28. The van der Waals surface area contributed by atoms with E-state index in [1.165, 1.54) is 18.2 Å². The highest BCUT2D eigenvalue weighted by atomic mass is 16.5. The Balaban J connectivity index is 2.12. The van der Waals surface area contributed by atoms with Gasteiger partial charge in [-0.2, -0.15) is 0 Å². The van der Waals surface area contributed by atoms with Crippen LogP contribution in [0.3, 0.4) is 0 Å². The first-order chi connectivity index (χ1) is 14.7. The maximum atomic E-state index is 13.2. The Kier molecular flexibility index (Phi) is 6.51. The molecule has 0 spiro atoms. The Hall–Kier alpha value is -3.12. The van der Waals surface area contributed by atoms with Crippen molar-refractivity contribution in [3.63, 3.8) is 0 Å². The number of amides is 1. The van der Waals surface area contributed by atoms with Crippen molar-refractivity contribution in [1.82, 2.24) is 9.47 Å². The summed E-state index contributed by atoms with van der Waals surface area (Å²) in [4.78, 5) is 27.3. The summed E-state index contributed by atoms with van der Waals surface area (Å²) < 4.78 is 12.3. The van der Waals surface area contributed by atoms with Crippen LogP contribution in [-0.4, -0.2) is 48.7 Å². The lowest BCUT2D eigenvalue weighted by atomic mass is 10.0. The SMILES string of the molecule is COCCN1C(=O)/C(=C\c2cc(C)n(-c3ccc(C)cc3C)c2C)C(C(=O)OC)=C1C. The molecule has 1 aliphatic rings. The number of hydrogen-bond acceptors (Lipinski definition) is 4. The monoisotopic (exact) mass is 422 g/mol. The molecule has 1 aromatic heterocycles. The second-order valence-electron chi connectivity index (χ2n) is 7.91. The summed E-state index contributed by atoms with van der Waals surface area (Å²) in [7, 11) is 2.91. The number of methoxy groups -OCH3 is 2. The summed E-state index contributed by atoms with van der Waals surface area (Å²) in [5.41, 5.74) is 7.68. The second kappa shape index (κ2) is 8.94. The molecular weight excluding hydrogens is 392 g/mol. The number of benzene rings is 1. The number of ether oxygens (including phenoxy) is 2. The van der Waals surface area contributed by atoms with Crippen molar-refractivity contribution in [1.29, 1.82) is 0 Å². The minimum absolute atomic E-state index is 0.216. The molecule has 0 aliphatic carbocycles. The number of aromatic nitrogens is 1. The molecule has 2 aromatic rings. The Bertz CT molecular complexity index is 1100. The Morgan fingerprint density at radius 2 is 1.77 bits per heavy atom. The van der Waals surface area contributed by atoms with Gasteiger partial charge in [0.05, 0.1) is 24.9 Å². The van der Waals surface area contributed by atoms with Crippen LogP contribution in [0.4, 0.5) is 0 Å². The van der Waals surface area contributed by atoms with Crippen LogP contribution in [0.1, 0.15) is 35.0 Å². The number of hydrogen-bond donors (Lipinski definition) is 0. The van der Waals surface area contributed by atoms with Gasteiger partial charge in [-0.3, -0.25) is 4.79 Å². The maximum Gasteiger partial charge on any atom is 0.340 e. The highest BCUT2D eigenvalue weighted by molar-refractivity contribution is 6.16. The Morgan fingerprint density at radius 1 is 1.06 bits per heavy atom. The third-order valence-corrected chi connectivity index (χ3v) is 5.78. The van der Waals surface area contributed by atoms with Crippen LogP contribution in [-0.2, 0) is 19.1 Å². The van der Waals surface area contributed by atoms with Crippen LogP contribution in [0, 0.1) is 27.7 Å². The topological polar surface area (TPSA) is 60.8 Å². The molecule has 0 atom stereocenters. The molecule has 0 saturated carbocycles. The first kappa shape index (κ1) is 22.6. The van der Waals surface area contributed by atoms with Crippen molar-refractivity contribution in [2.24, 2.45) is 0 Å². The van der Waals surface area contributed by atoms with E-state index in [1.807, 2.05) is 19.9 Å². The minimum atomic E-state index is -0.514. The molecule has 3 rings (SSSR count). The van der Waals surface area contributed by atoms with Gasteiger partial charge in [-0.05, 0) is 64.0 Å². The van der Waals surface area contributed by atoms with E-state index in [0.29, 0.717) is 30.0 Å². The number of esters is 1. The number of carbonyl (C=O) groups is 2. The van der Waals surface area contributed by atoms with Gasteiger partial charge < -0.3 is 18.9 Å². The molecule has 0 fully saturated rings. The fraction of sp³-hybridized carbons (Fsp3) is 0.360. The van der Waals surface area contributed by atoms with Crippen LogP contribution < -0.4 is 0 Å². The van der Waals surface area contributed by atoms with Crippen LogP contribution in [0.25, 0.3) is 11.8 Å². The van der Waals surface area contributed by atoms with E-state index in [4.69, 9.17) is 9.47 Å². The van der Waals surface area contributed by atoms with Crippen molar-refractivity contribution in [2.75, 3.05) is 27.4 Å². The molecule has 31 heavy (non-hydrogen) atoms. The van der Waals surface area contributed by atoms with Gasteiger partial charge in [0.15, 0.2) is 0 Å². The first-order valence-corrected chi connectivity index (χ1v) is 10.3. The fourth-order valence-corrected chi connectivity index (χ4v) is 4.20. The highest BCUT2D eigenvalue weighted by Crippen LogP contribution is 2.33. The van der Waals surface area contributed by atoms with Crippen LogP contribution >= 0.6 is 0 Å². The number of allylic oxidation sites excluding steroid dienone is 1. The maximum absolute atomic E-state index is 13.2. The molecule has 1 aliphatic heterocycles. The fourth-order valence-electron chi connectivity index (χ4n) is 4.20. The van der Waals surface area contributed by atoms with E-state index < -0.39 is 5.97 Å². The van der Waals surface area contributed by atoms with E-state index in [0.717, 1.165) is 22.6 Å². The van der Waals surface area contributed by atoms with E-state index >= 15 is 0 Å². The molecule has 0 bridgehead atoms. The molecule has 164 valence electrons. The molecule has 0 radical (unpaired) electrons. The van der Waals surface area contributed by atoms with Gasteiger partial charge in [-0.15, -0.1) is 0 Å². The van der Waals surface area contributed by atoms with Crippen molar-refractivity contribution < 1.29 is 19.1 Å². The van der Waals surface area contributed by atoms with E-state index in [-0.39, 0.29) is 5.91 Å². The average Bonchev–Trinajstić information content (AvgIpc) is 3.13. The summed E-state index contributed by atoms with van der Waals surface area (Å²) in [6, 6.07) is 8.40. The quantitative estimate of drug-likeness (QED) is 0.521. The zero-order chi connectivity index (χ0) is 22.9. The summed E-state index contributed by atoms with van der Waals surface area (Å²) in [6.45, 7) is 10.8. The van der Waals surface area contributed by atoms with Gasteiger partial charge >= 0.3 is 5.97 Å². The van der Waals surface area contributed by atoms with Gasteiger partial charge in [-0.1, -0.05) is 17.7 Å². The van der Waals surface area contributed by atoms with Crippen LogP contribution in [0.5, 0.6) is 0 Å². The lowest BCUT2D eigenvalue weighted by Gasteiger charge is -2.16. The average molecular weight is 423 g/mol. The van der Waals surface area contributed by atoms with E-state index in [9.17, 15) is 9.59 Å². The van der Waals surface area contributed by atoms with Crippen molar-refractivity contribution >= 4 is 18.0 Å². The molecular formula is C25H30N2O4. The predicted molar refractivity (Wildman–Crippen MR) is 121 cm³/mol. The Morgan fingerprint density at radius 3 is 2.39 bits per heavy atom. The third-order valence-electron chi connectivity index (χ3n) is 5.78. The second-order valence-corrected chi connectivity index (χ2v) is 7.91. The number of nitrogens with zero attached hydrogens (tertiary/aromatic N) is 2. The zero-order valence-electron chi connectivity index (χ0n) is 19.3. The summed E-state index contributed by atoms with van der Waals surface area (Å²) in [5.74, 6) is -0.730. The lowest BCUT2D eigenvalue weighted by molar-refractivity contribution is -0.136. The third kappa shape index (κ3) is 4.08. The molecule has 1 aromatic carbocycles. The van der Waals surface area contributed by atoms with Crippen LogP contribution in [0.15, 0.2) is 41.1 Å². The first-order valence-electron chi connectivity index (χ1n) is 10.3. The summed E-state index contributed by atoms with van der Waals surface area (Å²) in [6.07, 6.45) is 1.80. The molecule has 6 nitrogen and oxygen atoms in total. The molecule has 0 N–H and O–H groups in total. The zero-order valence-corrected chi connectivity index (χ0v) is 19.3.